The van der Waals surface area contributed by atoms with Crippen molar-refractivity contribution < 1.29 is 9.84 Å². The number of fused-ring (bicyclic) bond motifs is 1. The largest absolute Gasteiger partial charge is 0.488 e. The lowest BCUT2D eigenvalue weighted by Crippen LogP contribution is -2.32. The van der Waals surface area contributed by atoms with E-state index in [0.29, 0.717) is 23.4 Å². The summed E-state index contributed by atoms with van der Waals surface area (Å²) >= 11 is 4.73. The van der Waals surface area contributed by atoms with E-state index in [4.69, 9.17) is 22.6 Å². The fourth-order valence-corrected chi connectivity index (χ4v) is 3.85. The zero-order chi connectivity index (χ0) is 23.0. The first-order valence-corrected chi connectivity index (χ1v) is 11.2. The highest BCUT2D eigenvalue weighted by Gasteiger charge is 2.11. The molecule has 2 atom stereocenters. The van der Waals surface area contributed by atoms with E-state index in [9.17, 15) is 5.11 Å². The number of nitriles is 1. The predicted molar refractivity (Wildman–Crippen MR) is 130 cm³/mol. The van der Waals surface area contributed by atoms with Gasteiger partial charge in [-0.2, -0.15) is 17.9 Å². The summed E-state index contributed by atoms with van der Waals surface area (Å²) in [6.07, 6.45) is 0.215. The van der Waals surface area contributed by atoms with E-state index in [0.717, 1.165) is 29.6 Å². The first-order chi connectivity index (χ1) is 16.1. The molecule has 0 radical (unpaired) electrons. The Bertz CT molecular complexity index is 1220. The van der Waals surface area contributed by atoms with Gasteiger partial charge in [-0.1, -0.05) is 47.7 Å². The van der Waals surface area contributed by atoms with E-state index in [-0.39, 0.29) is 11.9 Å². The van der Waals surface area contributed by atoms with Crippen LogP contribution in [-0.4, -0.2) is 46.3 Å². The Morgan fingerprint density at radius 2 is 1.79 bits per heavy atom. The SMILES string of the molecule is N#Cc1ccc(C(S)c2ccc(CCNC[C@H](O)COc3cccc4[nH]nnc34)cc2)cc1. The van der Waals surface area contributed by atoms with Crippen molar-refractivity contribution in [1.82, 2.24) is 20.7 Å². The number of ether oxygens (including phenoxy) is 1. The minimum Gasteiger partial charge on any atom is -0.488 e. The summed E-state index contributed by atoms with van der Waals surface area (Å²) in [6, 6.07) is 23.5. The number of aromatic nitrogens is 3. The Balaban J connectivity index is 1.19. The van der Waals surface area contributed by atoms with E-state index < -0.39 is 6.10 Å². The highest BCUT2D eigenvalue weighted by molar-refractivity contribution is 7.80. The van der Waals surface area contributed by atoms with Gasteiger partial charge in [0.2, 0.25) is 0 Å². The fourth-order valence-electron chi connectivity index (χ4n) is 3.51. The van der Waals surface area contributed by atoms with Gasteiger partial charge in [-0.05, 0) is 53.9 Å². The molecular weight excluding hydrogens is 434 g/mol. The number of thiol groups is 1. The average molecular weight is 460 g/mol. The lowest BCUT2D eigenvalue weighted by atomic mass is 10.0. The molecule has 7 nitrogen and oxygen atoms in total. The molecule has 1 aromatic heterocycles. The third kappa shape index (κ3) is 5.90. The fraction of sp³-hybridized carbons (Fsp3) is 0.240. The molecular formula is C25H25N5O2S. The molecule has 3 N–H and O–H groups in total. The van der Waals surface area contributed by atoms with Crippen molar-refractivity contribution in [2.45, 2.75) is 17.8 Å². The van der Waals surface area contributed by atoms with Crippen LogP contribution in [0.5, 0.6) is 5.75 Å². The van der Waals surface area contributed by atoms with Gasteiger partial charge < -0.3 is 15.2 Å². The molecule has 0 aliphatic heterocycles. The highest BCUT2D eigenvalue weighted by Crippen LogP contribution is 2.28. The Morgan fingerprint density at radius 3 is 2.52 bits per heavy atom. The van der Waals surface area contributed by atoms with Crippen LogP contribution in [0.1, 0.15) is 27.5 Å². The summed E-state index contributed by atoms with van der Waals surface area (Å²) in [5.41, 5.74) is 5.47. The van der Waals surface area contributed by atoms with Crippen LogP contribution in [-0.2, 0) is 6.42 Å². The van der Waals surface area contributed by atoms with Crippen LogP contribution in [0.4, 0.5) is 0 Å². The quantitative estimate of drug-likeness (QED) is 0.214. The van der Waals surface area contributed by atoms with Crippen molar-refractivity contribution >= 4 is 23.7 Å². The Hall–Kier alpha value is -3.38. The summed E-state index contributed by atoms with van der Waals surface area (Å²) < 4.78 is 5.70. The standard InChI is InChI=1S/C25H25N5O2S/c26-14-18-6-10-20(11-7-18)25(33)19-8-4-17(5-9-19)12-13-27-15-21(31)16-32-23-3-1-2-22-24(23)29-30-28-22/h1-11,21,25,27,31,33H,12-13,15-16H2,(H,28,29,30)/t21-,25?/m0/s1. The van der Waals surface area contributed by atoms with Gasteiger partial charge in [-0.25, -0.2) is 0 Å². The van der Waals surface area contributed by atoms with Gasteiger partial charge in [0.1, 0.15) is 18.5 Å². The molecule has 168 valence electrons. The summed E-state index contributed by atoms with van der Waals surface area (Å²) in [5, 5.41) is 32.9. The molecule has 0 bridgehead atoms. The molecule has 1 heterocycles. The van der Waals surface area contributed by atoms with Crippen LogP contribution in [0.3, 0.4) is 0 Å². The molecule has 0 spiro atoms. The number of nitrogens with zero attached hydrogens (tertiary/aromatic N) is 3. The van der Waals surface area contributed by atoms with Crippen LogP contribution in [0.15, 0.2) is 66.7 Å². The van der Waals surface area contributed by atoms with E-state index in [2.05, 4.69) is 51.1 Å². The maximum absolute atomic E-state index is 10.2. The zero-order valence-corrected chi connectivity index (χ0v) is 18.9. The van der Waals surface area contributed by atoms with Gasteiger partial charge in [0.15, 0.2) is 5.52 Å². The van der Waals surface area contributed by atoms with Crippen molar-refractivity contribution in [1.29, 1.82) is 5.26 Å². The number of aliphatic hydroxyl groups is 1. The molecule has 0 amide bonds. The highest BCUT2D eigenvalue weighted by atomic mass is 32.1. The van der Waals surface area contributed by atoms with Crippen LogP contribution in [0.2, 0.25) is 0 Å². The van der Waals surface area contributed by atoms with Gasteiger partial charge in [0.25, 0.3) is 0 Å². The third-order valence-corrected chi connectivity index (χ3v) is 5.97. The first-order valence-electron chi connectivity index (χ1n) is 10.7. The molecule has 0 saturated carbocycles. The van der Waals surface area contributed by atoms with E-state index in [1.54, 1.807) is 0 Å². The lowest BCUT2D eigenvalue weighted by Gasteiger charge is -2.14. The summed E-state index contributed by atoms with van der Waals surface area (Å²) in [5.74, 6) is 0.601. The van der Waals surface area contributed by atoms with Gasteiger partial charge in [0.05, 0.1) is 22.4 Å². The molecule has 3 aromatic carbocycles. The maximum atomic E-state index is 10.2. The maximum Gasteiger partial charge on any atom is 0.154 e. The second-order valence-electron chi connectivity index (χ2n) is 7.76. The number of hydrogen-bond donors (Lipinski definition) is 4. The van der Waals surface area contributed by atoms with E-state index >= 15 is 0 Å². The second kappa shape index (κ2) is 11.0. The molecule has 33 heavy (non-hydrogen) atoms. The predicted octanol–water partition coefficient (Wildman–Crippen LogP) is 3.42. The van der Waals surface area contributed by atoms with Gasteiger partial charge in [-0.15, -0.1) is 5.10 Å². The number of H-pyrrole nitrogens is 1. The zero-order valence-electron chi connectivity index (χ0n) is 18.0. The molecule has 0 fully saturated rings. The Morgan fingerprint density at radius 1 is 1.06 bits per heavy atom. The Kier molecular flexibility index (Phi) is 7.58. The summed E-state index contributed by atoms with van der Waals surface area (Å²) in [4.78, 5) is 0. The number of rotatable bonds is 10. The second-order valence-corrected chi connectivity index (χ2v) is 8.28. The van der Waals surface area contributed by atoms with Crippen molar-refractivity contribution in [3.05, 3.63) is 89.0 Å². The lowest BCUT2D eigenvalue weighted by molar-refractivity contribution is 0.107. The van der Waals surface area contributed by atoms with E-state index in [1.807, 2.05) is 42.5 Å². The minimum absolute atomic E-state index is 0.0387. The van der Waals surface area contributed by atoms with Crippen molar-refractivity contribution in [3.8, 4) is 11.8 Å². The number of aliphatic hydroxyl groups excluding tert-OH is 1. The molecule has 4 rings (SSSR count). The average Bonchev–Trinajstić information content (AvgIpc) is 3.35. The molecule has 0 saturated heterocycles. The van der Waals surface area contributed by atoms with Crippen molar-refractivity contribution in [2.24, 2.45) is 0 Å². The number of benzene rings is 3. The number of nitrogens with one attached hydrogen (secondary N) is 2. The smallest absolute Gasteiger partial charge is 0.154 e. The van der Waals surface area contributed by atoms with Crippen LogP contribution in [0, 0.1) is 11.3 Å². The summed E-state index contributed by atoms with van der Waals surface area (Å²) in [7, 11) is 0. The molecule has 0 aliphatic rings. The van der Waals surface area contributed by atoms with E-state index in [1.165, 1.54) is 5.56 Å². The van der Waals surface area contributed by atoms with Crippen LogP contribution < -0.4 is 10.1 Å². The molecule has 1 unspecified atom stereocenters. The van der Waals surface area contributed by atoms with Crippen molar-refractivity contribution in [2.75, 3.05) is 19.7 Å². The van der Waals surface area contributed by atoms with Gasteiger partial charge in [0, 0.05) is 6.54 Å². The molecule has 4 aromatic rings. The number of aromatic amines is 1. The summed E-state index contributed by atoms with van der Waals surface area (Å²) in [6.45, 7) is 1.35. The minimum atomic E-state index is -0.633. The van der Waals surface area contributed by atoms with Crippen LogP contribution in [0.25, 0.3) is 11.0 Å². The monoisotopic (exact) mass is 459 g/mol. The topological polar surface area (TPSA) is 107 Å². The van der Waals surface area contributed by atoms with Crippen LogP contribution >= 0.6 is 12.6 Å². The molecule has 0 aliphatic carbocycles. The number of hydrogen-bond acceptors (Lipinski definition) is 7. The third-order valence-electron chi connectivity index (χ3n) is 5.37. The van der Waals surface area contributed by atoms with Crippen molar-refractivity contribution in [3.63, 3.8) is 0 Å². The molecule has 8 heteroatoms. The van der Waals surface area contributed by atoms with Gasteiger partial charge >= 0.3 is 0 Å². The Labute approximate surface area is 197 Å². The first kappa shape index (κ1) is 22.8. The van der Waals surface area contributed by atoms with Gasteiger partial charge in [-0.3, -0.25) is 5.10 Å². The normalized spacial score (nSPS) is 12.9.